The van der Waals surface area contributed by atoms with Gasteiger partial charge in [0.25, 0.3) is 0 Å². The van der Waals surface area contributed by atoms with Crippen molar-refractivity contribution in [2.45, 2.75) is 32.4 Å². The summed E-state index contributed by atoms with van der Waals surface area (Å²) >= 11 is 0. The SMILES string of the molecule is CCn1cc(CC(O)Cc2ccccn2)cn1. The first-order valence-electron chi connectivity index (χ1n) is 5.87. The zero-order valence-electron chi connectivity index (χ0n) is 9.95. The van der Waals surface area contributed by atoms with E-state index in [1.54, 1.807) is 6.20 Å². The van der Waals surface area contributed by atoms with E-state index in [0.717, 1.165) is 17.8 Å². The van der Waals surface area contributed by atoms with Gasteiger partial charge in [-0.25, -0.2) is 0 Å². The average molecular weight is 231 g/mol. The number of nitrogens with zero attached hydrogens (tertiary/aromatic N) is 3. The maximum Gasteiger partial charge on any atom is 0.0637 e. The first kappa shape index (κ1) is 11.8. The van der Waals surface area contributed by atoms with E-state index >= 15 is 0 Å². The van der Waals surface area contributed by atoms with Crippen molar-refractivity contribution in [1.29, 1.82) is 0 Å². The van der Waals surface area contributed by atoms with E-state index in [-0.39, 0.29) is 0 Å². The molecule has 0 amide bonds. The minimum Gasteiger partial charge on any atom is -0.392 e. The van der Waals surface area contributed by atoms with Crippen molar-refractivity contribution in [2.24, 2.45) is 0 Å². The van der Waals surface area contributed by atoms with Crippen LogP contribution in [0.4, 0.5) is 0 Å². The van der Waals surface area contributed by atoms with Crippen LogP contribution in [0.3, 0.4) is 0 Å². The number of pyridine rings is 1. The van der Waals surface area contributed by atoms with Crippen molar-refractivity contribution in [3.63, 3.8) is 0 Å². The van der Waals surface area contributed by atoms with Crippen LogP contribution in [0.25, 0.3) is 0 Å². The molecule has 0 bridgehead atoms. The molecule has 1 unspecified atom stereocenters. The van der Waals surface area contributed by atoms with E-state index in [2.05, 4.69) is 10.1 Å². The molecular weight excluding hydrogens is 214 g/mol. The molecule has 0 aliphatic carbocycles. The van der Waals surface area contributed by atoms with Gasteiger partial charge in [0, 0.05) is 37.5 Å². The zero-order valence-corrected chi connectivity index (χ0v) is 9.95. The van der Waals surface area contributed by atoms with E-state index in [4.69, 9.17) is 0 Å². The molecule has 0 spiro atoms. The van der Waals surface area contributed by atoms with Gasteiger partial charge in [-0.05, 0) is 24.6 Å². The molecule has 2 rings (SSSR count). The molecule has 4 heteroatoms. The second-order valence-electron chi connectivity index (χ2n) is 4.09. The lowest BCUT2D eigenvalue weighted by Crippen LogP contribution is -2.14. The summed E-state index contributed by atoms with van der Waals surface area (Å²) in [6.45, 7) is 2.90. The highest BCUT2D eigenvalue weighted by Crippen LogP contribution is 2.07. The van der Waals surface area contributed by atoms with Gasteiger partial charge in [0.05, 0.1) is 12.3 Å². The number of aromatic nitrogens is 3. The average Bonchev–Trinajstić information content (AvgIpc) is 2.78. The monoisotopic (exact) mass is 231 g/mol. The zero-order chi connectivity index (χ0) is 12.1. The summed E-state index contributed by atoms with van der Waals surface area (Å²) in [5, 5.41) is 14.1. The Morgan fingerprint density at radius 1 is 1.35 bits per heavy atom. The van der Waals surface area contributed by atoms with Crippen molar-refractivity contribution in [1.82, 2.24) is 14.8 Å². The maximum absolute atomic E-state index is 9.96. The quantitative estimate of drug-likeness (QED) is 0.847. The summed E-state index contributed by atoms with van der Waals surface area (Å²) in [5.41, 5.74) is 1.98. The Hall–Kier alpha value is -1.68. The Balaban J connectivity index is 1.91. The predicted octanol–water partition coefficient (Wildman–Crippen LogP) is 1.44. The lowest BCUT2D eigenvalue weighted by molar-refractivity contribution is 0.174. The molecule has 0 saturated heterocycles. The highest BCUT2D eigenvalue weighted by atomic mass is 16.3. The van der Waals surface area contributed by atoms with Crippen LogP contribution in [0, 0.1) is 0 Å². The van der Waals surface area contributed by atoms with Gasteiger partial charge >= 0.3 is 0 Å². The van der Waals surface area contributed by atoms with E-state index in [1.165, 1.54) is 0 Å². The third-order valence-corrected chi connectivity index (χ3v) is 2.65. The summed E-state index contributed by atoms with van der Waals surface area (Å²) in [7, 11) is 0. The lowest BCUT2D eigenvalue weighted by atomic mass is 10.1. The Bertz CT molecular complexity index is 453. The number of aliphatic hydroxyl groups excluding tert-OH is 1. The number of rotatable bonds is 5. The normalized spacial score (nSPS) is 12.6. The largest absolute Gasteiger partial charge is 0.392 e. The maximum atomic E-state index is 9.96. The van der Waals surface area contributed by atoms with Crippen LogP contribution in [0.1, 0.15) is 18.2 Å². The Kier molecular flexibility index (Phi) is 3.88. The smallest absolute Gasteiger partial charge is 0.0637 e. The van der Waals surface area contributed by atoms with Crippen molar-refractivity contribution in [3.8, 4) is 0 Å². The van der Waals surface area contributed by atoms with Crippen LogP contribution < -0.4 is 0 Å². The first-order valence-corrected chi connectivity index (χ1v) is 5.87. The van der Waals surface area contributed by atoms with Crippen LogP contribution in [0.2, 0.25) is 0 Å². The molecule has 2 aromatic heterocycles. The molecule has 2 heterocycles. The molecule has 1 atom stereocenters. The Labute approximate surface area is 101 Å². The first-order chi connectivity index (χ1) is 8.28. The van der Waals surface area contributed by atoms with E-state index in [0.29, 0.717) is 12.8 Å². The second kappa shape index (κ2) is 5.59. The van der Waals surface area contributed by atoms with Crippen LogP contribution in [0.5, 0.6) is 0 Å². The molecule has 0 aliphatic heterocycles. The van der Waals surface area contributed by atoms with E-state index in [9.17, 15) is 5.11 Å². The standard InChI is InChI=1S/C13H17N3O/c1-2-16-10-11(9-15-16)7-13(17)8-12-5-3-4-6-14-12/h3-6,9-10,13,17H,2,7-8H2,1H3. The third-order valence-electron chi connectivity index (χ3n) is 2.65. The number of hydrogen-bond acceptors (Lipinski definition) is 3. The van der Waals surface area contributed by atoms with E-state index in [1.807, 2.05) is 42.2 Å². The fourth-order valence-electron chi connectivity index (χ4n) is 1.79. The minimum atomic E-state index is -0.403. The molecule has 2 aromatic rings. The summed E-state index contributed by atoms with van der Waals surface area (Å²) in [6, 6.07) is 5.74. The van der Waals surface area contributed by atoms with Gasteiger partial charge in [0.1, 0.15) is 0 Å². The van der Waals surface area contributed by atoms with Gasteiger partial charge < -0.3 is 5.11 Å². The van der Waals surface area contributed by atoms with Crippen LogP contribution in [-0.4, -0.2) is 26.0 Å². The highest BCUT2D eigenvalue weighted by Gasteiger charge is 2.08. The fourth-order valence-corrected chi connectivity index (χ4v) is 1.79. The molecular formula is C13H17N3O. The topological polar surface area (TPSA) is 50.9 Å². The van der Waals surface area contributed by atoms with Crippen molar-refractivity contribution in [3.05, 3.63) is 48.0 Å². The highest BCUT2D eigenvalue weighted by molar-refractivity contribution is 5.09. The van der Waals surface area contributed by atoms with Crippen LogP contribution in [-0.2, 0) is 19.4 Å². The summed E-state index contributed by atoms with van der Waals surface area (Å²) < 4.78 is 1.86. The van der Waals surface area contributed by atoms with E-state index < -0.39 is 6.10 Å². The number of aryl methyl sites for hydroxylation is 1. The molecule has 0 fully saturated rings. The molecule has 90 valence electrons. The van der Waals surface area contributed by atoms with Gasteiger partial charge in [0.2, 0.25) is 0 Å². The lowest BCUT2D eigenvalue weighted by Gasteiger charge is -2.08. The Morgan fingerprint density at radius 2 is 2.24 bits per heavy atom. The molecule has 4 nitrogen and oxygen atoms in total. The summed E-state index contributed by atoms with van der Waals surface area (Å²) in [6.07, 6.45) is 6.33. The minimum absolute atomic E-state index is 0.403. The van der Waals surface area contributed by atoms with Crippen molar-refractivity contribution in [2.75, 3.05) is 0 Å². The van der Waals surface area contributed by atoms with Crippen molar-refractivity contribution < 1.29 is 5.11 Å². The Morgan fingerprint density at radius 3 is 2.88 bits per heavy atom. The number of aliphatic hydroxyl groups is 1. The molecule has 17 heavy (non-hydrogen) atoms. The fraction of sp³-hybridized carbons (Fsp3) is 0.385. The van der Waals surface area contributed by atoms with Gasteiger partial charge in [-0.15, -0.1) is 0 Å². The molecule has 0 saturated carbocycles. The summed E-state index contributed by atoms with van der Waals surface area (Å²) in [4.78, 5) is 4.20. The second-order valence-corrected chi connectivity index (χ2v) is 4.09. The van der Waals surface area contributed by atoms with Gasteiger partial charge in [-0.3, -0.25) is 9.67 Å². The van der Waals surface area contributed by atoms with Crippen molar-refractivity contribution >= 4 is 0 Å². The molecule has 1 N–H and O–H groups in total. The molecule has 0 radical (unpaired) electrons. The summed E-state index contributed by atoms with van der Waals surface area (Å²) in [5.74, 6) is 0. The molecule has 0 aromatic carbocycles. The van der Waals surface area contributed by atoms with Gasteiger partial charge in [-0.1, -0.05) is 6.07 Å². The number of hydrogen-bond donors (Lipinski definition) is 1. The van der Waals surface area contributed by atoms with Gasteiger partial charge in [-0.2, -0.15) is 5.10 Å². The van der Waals surface area contributed by atoms with Crippen LogP contribution >= 0.6 is 0 Å². The van der Waals surface area contributed by atoms with Gasteiger partial charge in [0.15, 0.2) is 0 Å². The third kappa shape index (κ3) is 3.39. The predicted molar refractivity (Wildman–Crippen MR) is 65.6 cm³/mol. The molecule has 0 aliphatic rings. The van der Waals surface area contributed by atoms with Crippen LogP contribution in [0.15, 0.2) is 36.8 Å².